The third kappa shape index (κ3) is 3.10. The van der Waals surface area contributed by atoms with Gasteiger partial charge < -0.3 is 15.4 Å². The molecular formula is C12H19N3O. The lowest BCUT2D eigenvalue weighted by atomic mass is 10.1. The Balaban J connectivity index is 1.75. The minimum atomic E-state index is 0.730. The van der Waals surface area contributed by atoms with E-state index in [1.54, 1.807) is 0 Å². The molecule has 0 bridgehead atoms. The predicted molar refractivity (Wildman–Crippen MR) is 65.8 cm³/mol. The van der Waals surface area contributed by atoms with Crippen molar-refractivity contribution in [3.63, 3.8) is 0 Å². The summed E-state index contributed by atoms with van der Waals surface area (Å²) in [7, 11) is 1.90. The van der Waals surface area contributed by atoms with Crippen molar-refractivity contribution in [3.8, 4) is 0 Å². The summed E-state index contributed by atoms with van der Waals surface area (Å²) >= 11 is 0. The second kappa shape index (κ2) is 5.70. The molecule has 0 saturated carbocycles. The fourth-order valence-corrected chi connectivity index (χ4v) is 1.90. The molecule has 88 valence electrons. The number of ether oxygens (including phenoxy) is 1. The Morgan fingerprint density at radius 1 is 1.44 bits per heavy atom. The van der Waals surface area contributed by atoms with Gasteiger partial charge in [-0.3, -0.25) is 4.98 Å². The van der Waals surface area contributed by atoms with Gasteiger partial charge >= 0.3 is 0 Å². The van der Waals surface area contributed by atoms with Crippen molar-refractivity contribution in [2.75, 3.05) is 37.4 Å². The van der Waals surface area contributed by atoms with E-state index in [-0.39, 0.29) is 0 Å². The number of anilines is 2. The molecule has 0 aromatic carbocycles. The maximum absolute atomic E-state index is 5.35. The number of hydrogen-bond acceptors (Lipinski definition) is 4. The van der Waals surface area contributed by atoms with Gasteiger partial charge in [0.1, 0.15) is 0 Å². The van der Waals surface area contributed by atoms with Crippen molar-refractivity contribution in [3.05, 3.63) is 18.5 Å². The first-order valence-electron chi connectivity index (χ1n) is 5.83. The van der Waals surface area contributed by atoms with E-state index in [2.05, 4.69) is 21.7 Å². The first-order chi connectivity index (χ1) is 7.88. The lowest BCUT2D eigenvalue weighted by Gasteiger charge is -2.10. The van der Waals surface area contributed by atoms with Crippen LogP contribution in [0, 0.1) is 5.92 Å². The molecule has 2 rings (SSSR count). The van der Waals surface area contributed by atoms with E-state index in [9.17, 15) is 0 Å². The molecule has 0 radical (unpaired) electrons. The van der Waals surface area contributed by atoms with Gasteiger partial charge in [-0.25, -0.2) is 0 Å². The number of rotatable bonds is 5. The van der Waals surface area contributed by atoms with Crippen LogP contribution in [-0.4, -0.2) is 31.8 Å². The Morgan fingerprint density at radius 3 is 3.06 bits per heavy atom. The van der Waals surface area contributed by atoms with Crippen LogP contribution in [0.25, 0.3) is 0 Å². The molecule has 1 aromatic heterocycles. The number of nitrogens with zero attached hydrogens (tertiary/aromatic N) is 1. The molecule has 1 saturated heterocycles. The first-order valence-corrected chi connectivity index (χ1v) is 5.83. The Kier molecular flexibility index (Phi) is 3.99. The summed E-state index contributed by atoms with van der Waals surface area (Å²) in [5, 5.41) is 6.46. The van der Waals surface area contributed by atoms with Crippen LogP contribution in [0.1, 0.15) is 12.8 Å². The molecule has 2 N–H and O–H groups in total. The highest BCUT2D eigenvalue weighted by atomic mass is 16.5. The van der Waals surface area contributed by atoms with Crippen LogP contribution < -0.4 is 10.6 Å². The highest BCUT2D eigenvalue weighted by molar-refractivity contribution is 5.53. The van der Waals surface area contributed by atoms with Gasteiger partial charge in [0.15, 0.2) is 0 Å². The van der Waals surface area contributed by atoms with Crippen LogP contribution in [-0.2, 0) is 4.74 Å². The zero-order chi connectivity index (χ0) is 11.2. The predicted octanol–water partition coefficient (Wildman–Crippen LogP) is 1.96. The van der Waals surface area contributed by atoms with Crippen LogP contribution in [0.5, 0.6) is 0 Å². The number of pyridine rings is 1. The van der Waals surface area contributed by atoms with E-state index in [0.29, 0.717) is 0 Å². The van der Waals surface area contributed by atoms with Crippen LogP contribution in [0.2, 0.25) is 0 Å². The lowest BCUT2D eigenvalue weighted by molar-refractivity contribution is 0.185. The van der Waals surface area contributed by atoms with Crippen molar-refractivity contribution < 1.29 is 4.74 Å². The SMILES string of the molecule is CNc1cncc(NCCC2CCOC2)c1. The van der Waals surface area contributed by atoms with Crippen LogP contribution >= 0.6 is 0 Å². The van der Waals surface area contributed by atoms with Crippen molar-refractivity contribution in [2.45, 2.75) is 12.8 Å². The van der Waals surface area contributed by atoms with Gasteiger partial charge in [-0.1, -0.05) is 0 Å². The minimum Gasteiger partial charge on any atom is -0.387 e. The van der Waals surface area contributed by atoms with Gasteiger partial charge in [-0.05, 0) is 24.8 Å². The zero-order valence-corrected chi connectivity index (χ0v) is 9.70. The van der Waals surface area contributed by atoms with E-state index in [1.165, 1.54) is 12.8 Å². The number of aromatic nitrogens is 1. The molecule has 1 aliphatic heterocycles. The van der Waals surface area contributed by atoms with Crippen molar-refractivity contribution >= 4 is 11.4 Å². The molecule has 4 nitrogen and oxygen atoms in total. The topological polar surface area (TPSA) is 46.2 Å². The summed E-state index contributed by atoms with van der Waals surface area (Å²) in [4.78, 5) is 4.16. The van der Waals surface area contributed by atoms with Crippen LogP contribution in [0.3, 0.4) is 0 Å². The van der Waals surface area contributed by atoms with E-state index < -0.39 is 0 Å². The van der Waals surface area contributed by atoms with Gasteiger partial charge in [-0.2, -0.15) is 0 Å². The fraction of sp³-hybridized carbons (Fsp3) is 0.583. The molecular weight excluding hydrogens is 202 g/mol. The van der Waals surface area contributed by atoms with Gasteiger partial charge in [0, 0.05) is 26.8 Å². The Labute approximate surface area is 96.4 Å². The standard InChI is InChI=1S/C12H19N3O/c1-13-11-6-12(8-14-7-11)15-4-2-10-3-5-16-9-10/h6-8,10,13,15H,2-5,9H2,1H3. The molecule has 0 aliphatic carbocycles. The highest BCUT2D eigenvalue weighted by Gasteiger charge is 2.14. The number of nitrogens with one attached hydrogen (secondary N) is 2. The second-order valence-corrected chi connectivity index (χ2v) is 4.16. The molecule has 4 heteroatoms. The molecule has 2 heterocycles. The molecule has 1 fully saturated rings. The third-order valence-corrected chi connectivity index (χ3v) is 2.93. The molecule has 1 unspecified atom stereocenters. The summed E-state index contributed by atoms with van der Waals surface area (Å²) in [5.41, 5.74) is 2.11. The first kappa shape index (κ1) is 11.2. The highest BCUT2D eigenvalue weighted by Crippen LogP contribution is 2.17. The molecule has 1 atom stereocenters. The van der Waals surface area contributed by atoms with Crippen LogP contribution in [0.15, 0.2) is 18.5 Å². The largest absolute Gasteiger partial charge is 0.387 e. The summed E-state index contributed by atoms with van der Waals surface area (Å²) < 4.78 is 5.35. The quantitative estimate of drug-likeness (QED) is 0.798. The maximum atomic E-state index is 5.35. The fourth-order valence-electron chi connectivity index (χ4n) is 1.90. The van der Waals surface area contributed by atoms with E-state index in [4.69, 9.17) is 4.74 Å². The summed E-state index contributed by atoms with van der Waals surface area (Å²) in [6, 6.07) is 2.07. The molecule has 0 spiro atoms. The second-order valence-electron chi connectivity index (χ2n) is 4.16. The summed E-state index contributed by atoms with van der Waals surface area (Å²) in [6.45, 7) is 2.85. The van der Waals surface area contributed by atoms with Gasteiger partial charge in [0.05, 0.1) is 23.8 Å². The average molecular weight is 221 g/mol. The van der Waals surface area contributed by atoms with Crippen molar-refractivity contribution in [1.82, 2.24) is 4.98 Å². The van der Waals surface area contributed by atoms with Crippen molar-refractivity contribution in [2.24, 2.45) is 5.92 Å². The molecule has 16 heavy (non-hydrogen) atoms. The Hall–Kier alpha value is -1.29. The summed E-state index contributed by atoms with van der Waals surface area (Å²) in [6.07, 6.45) is 6.04. The Morgan fingerprint density at radius 2 is 2.31 bits per heavy atom. The number of hydrogen-bond donors (Lipinski definition) is 2. The monoisotopic (exact) mass is 221 g/mol. The van der Waals surface area contributed by atoms with E-state index >= 15 is 0 Å². The molecule has 0 amide bonds. The molecule has 1 aliphatic rings. The third-order valence-electron chi connectivity index (χ3n) is 2.93. The average Bonchev–Trinajstić information content (AvgIpc) is 2.82. The minimum absolute atomic E-state index is 0.730. The smallest absolute Gasteiger partial charge is 0.0547 e. The van der Waals surface area contributed by atoms with Gasteiger partial charge in [0.25, 0.3) is 0 Å². The van der Waals surface area contributed by atoms with Crippen molar-refractivity contribution in [1.29, 1.82) is 0 Å². The lowest BCUT2D eigenvalue weighted by Crippen LogP contribution is -2.09. The Bertz CT molecular complexity index is 324. The van der Waals surface area contributed by atoms with E-state index in [0.717, 1.165) is 37.1 Å². The van der Waals surface area contributed by atoms with Gasteiger partial charge in [0.2, 0.25) is 0 Å². The molecule has 1 aromatic rings. The van der Waals surface area contributed by atoms with Crippen LogP contribution in [0.4, 0.5) is 11.4 Å². The normalized spacial score (nSPS) is 19.7. The van der Waals surface area contributed by atoms with Gasteiger partial charge in [-0.15, -0.1) is 0 Å². The zero-order valence-electron chi connectivity index (χ0n) is 9.70. The summed E-state index contributed by atoms with van der Waals surface area (Å²) in [5.74, 6) is 0.730. The maximum Gasteiger partial charge on any atom is 0.0547 e. The van der Waals surface area contributed by atoms with E-state index in [1.807, 2.05) is 19.4 Å².